The van der Waals surface area contributed by atoms with Crippen LogP contribution in [-0.2, 0) is 6.54 Å². The van der Waals surface area contributed by atoms with E-state index in [2.05, 4.69) is 29.4 Å². The Labute approximate surface area is 98.5 Å². The Morgan fingerprint density at radius 1 is 1.38 bits per heavy atom. The molecule has 2 heteroatoms. The second-order valence-corrected chi connectivity index (χ2v) is 4.97. The van der Waals surface area contributed by atoms with E-state index < -0.39 is 0 Å². The molecular formula is C14H22N2. The average Bonchev–Trinajstić information content (AvgIpc) is 2.76. The van der Waals surface area contributed by atoms with E-state index in [9.17, 15) is 0 Å². The molecule has 88 valence electrons. The molecule has 0 bridgehead atoms. The molecule has 1 fully saturated rings. The van der Waals surface area contributed by atoms with Crippen LogP contribution in [0, 0.1) is 12.8 Å². The normalized spacial score (nSPS) is 24.9. The van der Waals surface area contributed by atoms with Crippen LogP contribution in [0.25, 0.3) is 0 Å². The minimum Gasteiger partial charge on any atom is -0.310 e. The first-order chi connectivity index (χ1) is 7.78. The first-order valence-corrected chi connectivity index (χ1v) is 6.43. The summed E-state index contributed by atoms with van der Waals surface area (Å²) in [7, 11) is 0. The zero-order chi connectivity index (χ0) is 11.4. The van der Waals surface area contributed by atoms with Gasteiger partial charge in [-0.3, -0.25) is 4.98 Å². The Balaban J connectivity index is 1.77. The number of pyridine rings is 1. The lowest BCUT2D eigenvalue weighted by Gasteiger charge is -2.12. The average molecular weight is 218 g/mol. The van der Waals surface area contributed by atoms with Crippen molar-refractivity contribution in [1.29, 1.82) is 0 Å². The van der Waals surface area contributed by atoms with Crippen molar-refractivity contribution in [3.63, 3.8) is 0 Å². The van der Waals surface area contributed by atoms with Crippen LogP contribution in [0.2, 0.25) is 0 Å². The Kier molecular flexibility index (Phi) is 3.94. The highest BCUT2D eigenvalue weighted by molar-refractivity contribution is 5.12. The molecule has 1 N–H and O–H groups in total. The van der Waals surface area contributed by atoms with Gasteiger partial charge in [-0.05, 0) is 43.7 Å². The van der Waals surface area contributed by atoms with Crippen molar-refractivity contribution >= 4 is 0 Å². The van der Waals surface area contributed by atoms with Crippen LogP contribution in [-0.4, -0.2) is 11.0 Å². The van der Waals surface area contributed by atoms with Gasteiger partial charge in [-0.1, -0.05) is 19.4 Å². The quantitative estimate of drug-likeness (QED) is 0.840. The van der Waals surface area contributed by atoms with Gasteiger partial charge in [0.05, 0.1) is 0 Å². The van der Waals surface area contributed by atoms with Gasteiger partial charge in [0.15, 0.2) is 0 Å². The fourth-order valence-corrected chi connectivity index (χ4v) is 2.50. The van der Waals surface area contributed by atoms with Gasteiger partial charge in [-0.2, -0.15) is 0 Å². The second kappa shape index (κ2) is 5.44. The summed E-state index contributed by atoms with van der Waals surface area (Å²) in [6.45, 7) is 5.30. The van der Waals surface area contributed by atoms with Crippen LogP contribution in [0.1, 0.15) is 43.9 Å². The molecular weight excluding hydrogens is 196 g/mol. The largest absolute Gasteiger partial charge is 0.310 e. The summed E-state index contributed by atoms with van der Waals surface area (Å²) in [4.78, 5) is 4.32. The minimum absolute atomic E-state index is 0.728. The third-order valence-electron chi connectivity index (χ3n) is 3.69. The van der Waals surface area contributed by atoms with Crippen molar-refractivity contribution in [2.45, 2.75) is 52.1 Å². The van der Waals surface area contributed by atoms with Crippen LogP contribution < -0.4 is 5.32 Å². The number of aryl methyl sites for hydroxylation is 1. The van der Waals surface area contributed by atoms with Crippen LogP contribution in [0.15, 0.2) is 18.3 Å². The molecule has 1 aromatic rings. The zero-order valence-electron chi connectivity index (χ0n) is 10.4. The van der Waals surface area contributed by atoms with Gasteiger partial charge < -0.3 is 5.32 Å². The number of hydrogen-bond donors (Lipinski definition) is 1. The van der Waals surface area contributed by atoms with E-state index in [4.69, 9.17) is 0 Å². The molecule has 1 aliphatic carbocycles. The van der Waals surface area contributed by atoms with Crippen molar-refractivity contribution < 1.29 is 0 Å². The zero-order valence-corrected chi connectivity index (χ0v) is 10.4. The summed E-state index contributed by atoms with van der Waals surface area (Å²) < 4.78 is 0. The topological polar surface area (TPSA) is 24.9 Å². The third-order valence-corrected chi connectivity index (χ3v) is 3.69. The predicted molar refractivity (Wildman–Crippen MR) is 67.2 cm³/mol. The number of nitrogens with one attached hydrogen (secondary N) is 1. The molecule has 0 spiro atoms. The van der Waals surface area contributed by atoms with E-state index in [0.29, 0.717) is 0 Å². The molecule has 1 aliphatic rings. The number of hydrogen-bond acceptors (Lipinski definition) is 2. The van der Waals surface area contributed by atoms with E-state index in [0.717, 1.165) is 24.2 Å². The molecule has 1 heterocycles. The van der Waals surface area contributed by atoms with Gasteiger partial charge in [-0.15, -0.1) is 0 Å². The fourth-order valence-electron chi connectivity index (χ4n) is 2.50. The number of nitrogens with zero attached hydrogens (tertiary/aromatic N) is 1. The van der Waals surface area contributed by atoms with Crippen molar-refractivity contribution in [2.24, 2.45) is 5.92 Å². The first kappa shape index (κ1) is 11.6. The van der Waals surface area contributed by atoms with Crippen LogP contribution in [0.3, 0.4) is 0 Å². The lowest BCUT2D eigenvalue weighted by molar-refractivity contribution is 0.476. The van der Waals surface area contributed by atoms with Crippen molar-refractivity contribution in [3.05, 3.63) is 29.6 Å². The maximum absolute atomic E-state index is 4.32. The summed E-state index contributed by atoms with van der Waals surface area (Å²) >= 11 is 0. The minimum atomic E-state index is 0.728. The Hall–Kier alpha value is -0.890. The lowest BCUT2D eigenvalue weighted by atomic mass is 10.1. The van der Waals surface area contributed by atoms with E-state index in [1.807, 2.05) is 13.1 Å². The first-order valence-electron chi connectivity index (χ1n) is 6.43. The van der Waals surface area contributed by atoms with Gasteiger partial charge in [0.25, 0.3) is 0 Å². The number of rotatable bonds is 4. The molecule has 16 heavy (non-hydrogen) atoms. The van der Waals surface area contributed by atoms with E-state index in [1.165, 1.54) is 31.2 Å². The molecule has 0 amide bonds. The highest BCUT2D eigenvalue weighted by Crippen LogP contribution is 2.27. The summed E-state index contributed by atoms with van der Waals surface area (Å²) in [5, 5.41) is 3.64. The molecule has 0 aliphatic heterocycles. The SMILES string of the molecule is CCC1CCC(NCc2ccc(C)nc2)C1. The van der Waals surface area contributed by atoms with Crippen molar-refractivity contribution in [2.75, 3.05) is 0 Å². The van der Waals surface area contributed by atoms with Gasteiger partial charge in [0, 0.05) is 24.5 Å². The molecule has 0 saturated heterocycles. The molecule has 2 unspecified atom stereocenters. The summed E-state index contributed by atoms with van der Waals surface area (Å²) in [6, 6.07) is 4.98. The molecule has 0 radical (unpaired) electrons. The monoisotopic (exact) mass is 218 g/mol. The van der Waals surface area contributed by atoms with E-state index >= 15 is 0 Å². The van der Waals surface area contributed by atoms with Gasteiger partial charge >= 0.3 is 0 Å². The lowest BCUT2D eigenvalue weighted by Crippen LogP contribution is -2.25. The van der Waals surface area contributed by atoms with Gasteiger partial charge in [0.2, 0.25) is 0 Å². The molecule has 0 aromatic carbocycles. The number of aromatic nitrogens is 1. The van der Waals surface area contributed by atoms with Crippen LogP contribution in [0.4, 0.5) is 0 Å². The molecule has 1 aromatic heterocycles. The molecule has 2 rings (SSSR count). The molecule has 1 saturated carbocycles. The summed E-state index contributed by atoms with van der Waals surface area (Å²) in [5.74, 6) is 0.952. The van der Waals surface area contributed by atoms with Crippen molar-refractivity contribution in [3.8, 4) is 0 Å². The smallest absolute Gasteiger partial charge is 0.0372 e. The third kappa shape index (κ3) is 3.05. The molecule has 2 nitrogen and oxygen atoms in total. The predicted octanol–water partition coefficient (Wildman–Crippen LogP) is 3.06. The van der Waals surface area contributed by atoms with Gasteiger partial charge in [0.1, 0.15) is 0 Å². The summed E-state index contributed by atoms with van der Waals surface area (Å²) in [6.07, 6.45) is 7.42. The van der Waals surface area contributed by atoms with E-state index in [-0.39, 0.29) is 0 Å². The standard InChI is InChI=1S/C14H22N2/c1-3-12-6-7-14(8-12)16-10-13-5-4-11(2)15-9-13/h4-5,9,12,14,16H,3,6-8,10H2,1-2H3. The maximum Gasteiger partial charge on any atom is 0.0372 e. The Morgan fingerprint density at radius 2 is 2.25 bits per heavy atom. The molecule has 2 atom stereocenters. The Morgan fingerprint density at radius 3 is 2.88 bits per heavy atom. The highest BCUT2D eigenvalue weighted by atomic mass is 14.9. The highest BCUT2D eigenvalue weighted by Gasteiger charge is 2.22. The van der Waals surface area contributed by atoms with Crippen molar-refractivity contribution in [1.82, 2.24) is 10.3 Å². The Bertz CT molecular complexity index is 318. The van der Waals surface area contributed by atoms with Gasteiger partial charge in [-0.25, -0.2) is 0 Å². The maximum atomic E-state index is 4.32. The van der Waals surface area contributed by atoms with Crippen LogP contribution >= 0.6 is 0 Å². The fraction of sp³-hybridized carbons (Fsp3) is 0.643. The second-order valence-electron chi connectivity index (χ2n) is 4.97. The van der Waals surface area contributed by atoms with Crippen LogP contribution in [0.5, 0.6) is 0 Å². The van der Waals surface area contributed by atoms with E-state index in [1.54, 1.807) is 0 Å². The summed E-state index contributed by atoms with van der Waals surface area (Å²) in [5.41, 5.74) is 2.39.